The second kappa shape index (κ2) is 7.33. The van der Waals surface area contributed by atoms with Gasteiger partial charge in [-0.1, -0.05) is 0 Å². The third kappa shape index (κ3) is 4.09. The fourth-order valence-electron chi connectivity index (χ4n) is 2.50. The van der Waals surface area contributed by atoms with E-state index in [-0.39, 0.29) is 12.1 Å². The van der Waals surface area contributed by atoms with Crippen LogP contribution in [-0.2, 0) is 9.53 Å². The molecule has 1 unspecified atom stereocenters. The summed E-state index contributed by atoms with van der Waals surface area (Å²) in [5.41, 5.74) is 0. The van der Waals surface area contributed by atoms with Crippen molar-refractivity contribution in [3.05, 3.63) is 0 Å². The summed E-state index contributed by atoms with van der Waals surface area (Å²) in [6, 6.07) is -0.0919. The van der Waals surface area contributed by atoms with Crippen molar-refractivity contribution in [3.8, 4) is 0 Å². The van der Waals surface area contributed by atoms with Gasteiger partial charge >= 0.3 is 12.0 Å². The zero-order valence-corrected chi connectivity index (χ0v) is 12.0. The molecule has 0 aromatic carbocycles. The first kappa shape index (κ1) is 15.8. The molecule has 19 heavy (non-hydrogen) atoms. The highest BCUT2D eigenvalue weighted by atomic mass is 16.5. The fraction of sp³-hybridized carbons (Fsp3) is 0.846. The number of carbonyl (C=O) groups excluding carboxylic acids is 1. The third-order valence-electron chi connectivity index (χ3n) is 3.57. The Labute approximate surface area is 114 Å². The van der Waals surface area contributed by atoms with Crippen molar-refractivity contribution < 1.29 is 19.4 Å². The summed E-state index contributed by atoms with van der Waals surface area (Å²) in [7, 11) is 1.61. The summed E-state index contributed by atoms with van der Waals surface area (Å²) >= 11 is 0. The molecule has 1 saturated heterocycles. The monoisotopic (exact) mass is 272 g/mol. The van der Waals surface area contributed by atoms with Crippen LogP contribution in [0.4, 0.5) is 4.79 Å². The number of amides is 2. The molecule has 1 N–H and O–H groups in total. The maximum atomic E-state index is 12.4. The molecular weight excluding hydrogens is 248 g/mol. The molecule has 0 saturated carbocycles. The van der Waals surface area contributed by atoms with Gasteiger partial charge in [0.05, 0.1) is 18.6 Å². The molecule has 1 rings (SSSR count). The summed E-state index contributed by atoms with van der Waals surface area (Å²) in [5.74, 6) is -1.25. The minimum absolute atomic E-state index is 0.00676. The zero-order valence-electron chi connectivity index (χ0n) is 12.0. The molecule has 0 bridgehead atoms. The maximum Gasteiger partial charge on any atom is 0.320 e. The number of carboxylic acid groups (broad SMARTS) is 1. The molecule has 0 aliphatic carbocycles. The van der Waals surface area contributed by atoms with Crippen LogP contribution >= 0.6 is 0 Å². The van der Waals surface area contributed by atoms with E-state index in [2.05, 4.69) is 0 Å². The van der Waals surface area contributed by atoms with Crippen molar-refractivity contribution in [2.75, 3.05) is 33.4 Å². The summed E-state index contributed by atoms with van der Waals surface area (Å²) in [4.78, 5) is 26.8. The van der Waals surface area contributed by atoms with Gasteiger partial charge in [0, 0.05) is 26.7 Å². The van der Waals surface area contributed by atoms with Gasteiger partial charge in [0.15, 0.2) is 0 Å². The van der Waals surface area contributed by atoms with E-state index in [1.54, 1.807) is 16.9 Å². The number of piperidine rings is 1. The summed E-state index contributed by atoms with van der Waals surface area (Å²) in [6.07, 6.45) is 1.40. The van der Waals surface area contributed by atoms with Crippen LogP contribution in [0.15, 0.2) is 0 Å². The third-order valence-corrected chi connectivity index (χ3v) is 3.57. The second-order valence-electron chi connectivity index (χ2n) is 5.00. The van der Waals surface area contributed by atoms with Crippen molar-refractivity contribution in [1.29, 1.82) is 0 Å². The number of hydrogen-bond acceptors (Lipinski definition) is 3. The van der Waals surface area contributed by atoms with E-state index in [4.69, 9.17) is 9.84 Å². The van der Waals surface area contributed by atoms with Crippen LogP contribution in [-0.4, -0.2) is 66.3 Å². The number of ether oxygens (including phenoxy) is 1. The van der Waals surface area contributed by atoms with Crippen molar-refractivity contribution in [2.45, 2.75) is 32.7 Å². The average molecular weight is 272 g/mol. The Balaban J connectivity index is 2.66. The van der Waals surface area contributed by atoms with E-state index in [1.165, 1.54) is 0 Å². The van der Waals surface area contributed by atoms with Gasteiger partial charge in [0.25, 0.3) is 0 Å². The highest BCUT2D eigenvalue weighted by molar-refractivity contribution is 5.77. The zero-order chi connectivity index (χ0) is 14.4. The van der Waals surface area contributed by atoms with Gasteiger partial charge in [-0.2, -0.15) is 0 Å². The Hall–Kier alpha value is -1.30. The molecule has 1 aliphatic rings. The van der Waals surface area contributed by atoms with Crippen LogP contribution in [0.2, 0.25) is 0 Å². The Bertz CT molecular complexity index is 322. The predicted molar refractivity (Wildman–Crippen MR) is 71.0 cm³/mol. The average Bonchev–Trinajstić information content (AvgIpc) is 2.39. The minimum Gasteiger partial charge on any atom is -0.481 e. The number of hydrogen-bond donors (Lipinski definition) is 1. The van der Waals surface area contributed by atoms with E-state index < -0.39 is 11.9 Å². The van der Waals surface area contributed by atoms with Gasteiger partial charge in [-0.3, -0.25) is 4.79 Å². The Morgan fingerprint density at radius 3 is 2.74 bits per heavy atom. The van der Waals surface area contributed by atoms with E-state index in [0.717, 1.165) is 6.42 Å². The topological polar surface area (TPSA) is 70.1 Å². The molecule has 0 aromatic heterocycles. The standard InChI is InChI=1S/C13H24N2O4/c1-4-15(10(2)9-19-3)13(18)14-7-5-6-11(8-14)12(16)17/h10-11H,4-9H2,1-3H3,(H,16,17)/t10?,11-/m1/s1. The Morgan fingerprint density at radius 2 is 2.21 bits per heavy atom. The van der Waals surface area contributed by atoms with Crippen molar-refractivity contribution in [1.82, 2.24) is 9.80 Å². The number of likely N-dealkylation sites (N-methyl/N-ethyl adjacent to an activating group) is 1. The number of urea groups is 1. The summed E-state index contributed by atoms with van der Waals surface area (Å²) < 4.78 is 5.08. The first-order valence-electron chi connectivity index (χ1n) is 6.78. The Kier molecular flexibility index (Phi) is 6.08. The van der Waals surface area contributed by atoms with E-state index >= 15 is 0 Å². The molecule has 0 aromatic rings. The molecule has 6 heteroatoms. The van der Waals surface area contributed by atoms with Crippen molar-refractivity contribution in [2.24, 2.45) is 5.92 Å². The molecule has 110 valence electrons. The predicted octanol–water partition coefficient (Wildman–Crippen LogP) is 1.26. The molecule has 1 heterocycles. The lowest BCUT2D eigenvalue weighted by Gasteiger charge is -2.37. The number of carbonyl (C=O) groups is 2. The number of likely N-dealkylation sites (tertiary alicyclic amines) is 1. The number of aliphatic carboxylic acids is 1. The SMILES string of the molecule is CCN(C(=O)N1CCC[C@@H](C(=O)O)C1)C(C)COC. The van der Waals surface area contributed by atoms with Crippen molar-refractivity contribution >= 4 is 12.0 Å². The fourth-order valence-corrected chi connectivity index (χ4v) is 2.50. The van der Waals surface area contributed by atoms with Crippen molar-refractivity contribution in [3.63, 3.8) is 0 Å². The maximum absolute atomic E-state index is 12.4. The minimum atomic E-state index is -0.814. The van der Waals surface area contributed by atoms with E-state index in [1.807, 2.05) is 13.8 Å². The first-order valence-corrected chi connectivity index (χ1v) is 6.78. The van der Waals surface area contributed by atoms with E-state index in [9.17, 15) is 9.59 Å². The normalized spacial score (nSPS) is 21.0. The summed E-state index contributed by atoms with van der Waals surface area (Å²) in [5, 5.41) is 9.06. The van der Waals surface area contributed by atoms with E-state index in [0.29, 0.717) is 32.7 Å². The molecular formula is C13H24N2O4. The second-order valence-corrected chi connectivity index (χ2v) is 5.00. The number of methoxy groups -OCH3 is 1. The van der Waals surface area contributed by atoms with Crippen LogP contribution in [0.1, 0.15) is 26.7 Å². The molecule has 1 fully saturated rings. The van der Waals surface area contributed by atoms with Crippen LogP contribution < -0.4 is 0 Å². The van der Waals surface area contributed by atoms with Gasteiger partial charge in [0.1, 0.15) is 0 Å². The molecule has 1 aliphatic heterocycles. The lowest BCUT2D eigenvalue weighted by atomic mass is 9.98. The van der Waals surface area contributed by atoms with Gasteiger partial charge in [-0.05, 0) is 26.7 Å². The first-order chi connectivity index (χ1) is 9.01. The molecule has 0 spiro atoms. The van der Waals surface area contributed by atoms with Gasteiger partial charge in [-0.15, -0.1) is 0 Å². The van der Waals surface area contributed by atoms with Gasteiger partial charge in [-0.25, -0.2) is 4.79 Å². The summed E-state index contributed by atoms with van der Waals surface area (Å²) in [6.45, 7) is 5.88. The van der Waals surface area contributed by atoms with Gasteiger partial charge < -0.3 is 19.6 Å². The Morgan fingerprint density at radius 1 is 1.53 bits per heavy atom. The molecule has 0 radical (unpaired) electrons. The molecule has 2 atom stereocenters. The number of nitrogens with zero attached hydrogens (tertiary/aromatic N) is 2. The highest BCUT2D eigenvalue weighted by Crippen LogP contribution is 2.18. The van der Waals surface area contributed by atoms with Crippen LogP contribution in [0.3, 0.4) is 0 Å². The van der Waals surface area contributed by atoms with Crippen LogP contribution in [0.25, 0.3) is 0 Å². The highest BCUT2D eigenvalue weighted by Gasteiger charge is 2.31. The van der Waals surface area contributed by atoms with Gasteiger partial charge in [0.2, 0.25) is 0 Å². The lowest BCUT2D eigenvalue weighted by Crippen LogP contribution is -2.52. The number of carboxylic acids is 1. The number of rotatable bonds is 5. The smallest absolute Gasteiger partial charge is 0.320 e. The van der Waals surface area contributed by atoms with Crippen LogP contribution in [0.5, 0.6) is 0 Å². The quantitative estimate of drug-likeness (QED) is 0.818. The molecule has 2 amide bonds. The molecule has 6 nitrogen and oxygen atoms in total. The van der Waals surface area contributed by atoms with Crippen LogP contribution in [0, 0.1) is 5.92 Å². The largest absolute Gasteiger partial charge is 0.481 e. The lowest BCUT2D eigenvalue weighted by molar-refractivity contribution is -0.143.